The summed E-state index contributed by atoms with van der Waals surface area (Å²) >= 11 is 6.07. The van der Waals surface area contributed by atoms with Crippen molar-refractivity contribution in [1.82, 2.24) is 10.2 Å². The summed E-state index contributed by atoms with van der Waals surface area (Å²) in [5, 5.41) is 13.3. The number of piperazine rings is 1. The number of halogens is 1. The molecule has 5 heteroatoms. The molecule has 0 aromatic heterocycles. The van der Waals surface area contributed by atoms with Crippen LogP contribution in [0.3, 0.4) is 0 Å². The van der Waals surface area contributed by atoms with Gasteiger partial charge in [0.25, 0.3) is 0 Å². The Morgan fingerprint density at radius 2 is 2.05 bits per heavy atom. The molecule has 0 aliphatic carbocycles. The van der Waals surface area contributed by atoms with Crippen molar-refractivity contribution in [3.05, 3.63) is 28.8 Å². The van der Waals surface area contributed by atoms with Crippen molar-refractivity contribution in [3.8, 4) is 6.07 Å². The number of nitrogens with one attached hydrogen (secondary N) is 1. The summed E-state index contributed by atoms with van der Waals surface area (Å²) < 4.78 is 0. The molecule has 0 saturated carbocycles. The van der Waals surface area contributed by atoms with Crippen molar-refractivity contribution in [1.29, 1.82) is 5.26 Å². The molecule has 2 aliphatic heterocycles. The summed E-state index contributed by atoms with van der Waals surface area (Å²) in [6.45, 7) is 6.29. The van der Waals surface area contributed by atoms with Gasteiger partial charge in [0.15, 0.2) is 0 Å². The Labute approximate surface area is 124 Å². The van der Waals surface area contributed by atoms with E-state index in [1.165, 1.54) is 6.42 Å². The molecule has 2 heterocycles. The second-order valence-electron chi connectivity index (χ2n) is 5.44. The van der Waals surface area contributed by atoms with Gasteiger partial charge in [-0.3, -0.25) is 4.90 Å². The first kappa shape index (κ1) is 13.7. The Kier molecular flexibility index (Phi) is 4.11. The molecule has 2 saturated heterocycles. The molecular weight excluding hydrogens is 272 g/mol. The number of hydrogen-bond acceptors (Lipinski definition) is 4. The Balaban J connectivity index is 1.69. The van der Waals surface area contributed by atoms with E-state index in [-0.39, 0.29) is 0 Å². The van der Waals surface area contributed by atoms with Gasteiger partial charge in [-0.15, -0.1) is 0 Å². The third-order valence-electron chi connectivity index (χ3n) is 4.29. The maximum atomic E-state index is 9.23. The quantitative estimate of drug-likeness (QED) is 0.900. The van der Waals surface area contributed by atoms with Gasteiger partial charge in [-0.2, -0.15) is 5.26 Å². The molecule has 0 bridgehead atoms. The van der Waals surface area contributed by atoms with Crippen molar-refractivity contribution in [3.63, 3.8) is 0 Å². The molecule has 20 heavy (non-hydrogen) atoms. The zero-order valence-electron chi connectivity index (χ0n) is 11.5. The fraction of sp³-hybridized carbons (Fsp3) is 0.533. The summed E-state index contributed by atoms with van der Waals surface area (Å²) in [5.74, 6) is 0. The SMILES string of the molecule is N#Cc1ccc(Cl)cc1N1CCN(C2CCNC2)CC1. The van der Waals surface area contributed by atoms with Crippen molar-refractivity contribution in [2.24, 2.45) is 0 Å². The molecular formula is C15H19ClN4. The largest absolute Gasteiger partial charge is 0.368 e. The topological polar surface area (TPSA) is 42.3 Å². The van der Waals surface area contributed by atoms with Crippen LogP contribution >= 0.6 is 11.6 Å². The molecule has 1 N–H and O–H groups in total. The Bertz CT molecular complexity index is 511. The van der Waals surface area contributed by atoms with Gasteiger partial charge in [0, 0.05) is 43.8 Å². The molecule has 2 aliphatic rings. The van der Waals surface area contributed by atoms with E-state index in [0.29, 0.717) is 16.6 Å². The van der Waals surface area contributed by atoms with E-state index in [2.05, 4.69) is 21.2 Å². The number of nitrogens with zero attached hydrogens (tertiary/aromatic N) is 3. The van der Waals surface area contributed by atoms with Crippen LogP contribution < -0.4 is 10.2 Å². The Morgan fingerprint density at radius 3 is 2.70 bits per heavy atom. The van der Waals surface area contributed by atoms with E-state index in [1.54, 1.807) is 6.07 Å². The molecule has 3 rings (SSSR count). The number of nitriles is 1. The van der Waals surface area contributed by atoms with Crippen molar-refractivity contribution < 1.29 is 0 Å². The summed E-state index contributed by atoms with van der Waals surface area (Å²) in [5.41, 5.74) is 1.69. The van der Waals surface area contributed by atoms with E-state index >= 15 is 0 Å². The molecule has 1 aromatic carbocycles. The third kappa shape index (κ3) is 2.76. The van der Waals surface area contributed by atoms with Gasteiger partial charge in [0.05, 0.1) is 11.3 Å². The van der Waals surface area contributed by atoms with Gasteiger partial charge in [-0.05, 0) is 31.2 Å². The number of benzene rings is 1. The van der Waals surface area contributed by atoms with Gasteiger partial charge in [-0.1, -0.05) is 11.6 Å². The van der Waals surface area contributed by atoms with E-state index in [9.17, 15) is 5.26 Å². The van der Waals surface area contributed by atoms with Crippen LogP contribution in [0, 0.1) is 11.3 Å². The van der Waals surface area contributed by atoms with Crippen molar-refractivity contribution in [2.75, 3.05) is 44.2 Å². The molecule has 106 valence electrons. The van der Waals surface area contributed by atoms with Crippen LogP contribution in [0.15, 0.2) is 18.2 Å². The van der Waals surface area contributed by atoms with Crippen LogP contribution in [0.4, 0.5) is 5.69 Å². The smallest absolute Gasteiger partial charge is 0.101 e. The standard InChI is InChI=1S/C15H19ClN4/c16-13-2-1-12(10-17)15(9-13)20-7-5-19(6-8-20)14-3-4-18-11-14/h1-2,9,14,18H,3-8,11H2. The van der Waals surface area contributed by atoms with Gasteiger partial charge in [0.2, 0.25) is 0 Å². The van der Waals surface area contributed by atoms with Crippen molar-refractivity contribution in [2.45, 2.75) is 12.5 Å². The number of rotatable bonds is 2. The van der Waals surface area contributed by atoms with Crippen LogP contribution in [0.1, 0.15) is 12.0 Å². The van der Waals surface area contributed by atoms with Crippen LogP contribution in [0.5, 0.6) is 0 Å². The summed E-state index contributed by atoms with van der Waals surface area (Å²) in [4.78, 5) is 4.84. The highest BCUT2D eigenvalue weighted by atomic mass is 35.5. The van der Waals surface area contributed by atoms with Crippen LogP contribution in [-0.4, -0.2) is 50.2 Å². The van der Waals surface area contributed by atoms with Gasteiger partial charge in [-0.25, -0.2) is 0 Å². The lowest BCUT2D eigenvalue weighted by Gasteiger charge is -2.39. The molecule has 1 unspecified atom stereocenters. The predicted octanol–water partition coefficient (Wildman–Crippen LogP) is 1.70. The molecule has 1 aromatic rings. The lowest BCUT2D eigenvalue weighted by atomic mass is 10.1. The second kappa shape index (κ2) is 6.01. The minimum absolute atomic E-state index is 0.687. The lowest BCUT2D eigenvalue weighted by Crippen LogP contribution is -2.51. The average molecular weight is 291 g/mol. The highest BCUT2D eigenvalue weighted by molar-refractivity contribution is 6.30. The first-order chi connectivity index (χ1) is 9.78. The fourth-order valence-electron chi connectivity index (χ4n) is 3.14. The monoisotopic (exact) mass is 290 g/mol. The highest BCUT2D eigenvalue weighted by Gasteiger charge is 2.26. The predicted molar refractivity (Wildman–Crippen MR) is 81.2 cm³/mol. The molecule has 1 atom stereocenters. The summed E-state index contributed by atoms with van der Waals surface area (Å²) in [6, 6.07) is 8.45. The highest BCUT2D eigenvalue weighted by Crippen LogP contribution is 2.26. The molecule has 0 spiro atoms. The maximum Gasteiger partial charge on any atom is 0.101 e. The van der Waals surface area contributed by atoms with Crippen LogP contribution in [-0.2, 0) is 0 Å². The Morgan fingerprint density at radius 1 is 1.25 bits per heavy atom. The summed E-state index contributed by atoms with van der Waals surface area (Å²) in [6.07, 6.45) is 1.25. The first-order valence-corrected chi connectivity index (χ1v) is 7.55. The Hall–Kier alpha value is -1.28. The van der Waals surface area contributed by atoms with E-state index < -0.39 is 0 Å². The number of anilines is 1. The molecule has 2 fully saturated rings. The second-order valence-corrected chi connectivity index (χ2v) is 5.88. The zero-order valence-corrected chi connectivity index (χ0v) is 12.2. The van der Waals surface area contributed by atoms with Gasteiger partial charge >= 0.3 is 0 Å². The summed E-state index contributed by atoms with van der Waals surface area (Å²) in [7, 11) is 0. The molecule has 0 radical (unpaired) electrons. The maximum absolute atomic E-state index is 9.23. The minimum atomic E-state index is 0.687. The normalized spacial score (nSPS) is 23.8. The third-order valence-corrected chi connectivity index (χ3v) is 4.52. The zero-order chi connectivity index (χ0) is 13.9. The van der Waals surface area contributed by atoms with Crippen LogP contribution in [0.2, 0.25) is 5.02 Å². The lowest BCUT2D eigenvalue weighted by molar-refractivity contribution is 0.196. The van der Waals surface area contributed by atoms with E-state index in [1.807, 2.05) is 12.1 Å². The molecule has 4 nitrogen and oxygen atoms in total. The first-order valence-electron chi connectivity index (χ1n) is 7.17. The van der Waals surface area contributed by atoms with E-state index in [4.69, 9.17) is 11.6 Å². The number of hydrogen-bond donors (Lipinski definition) is 1. The fourth-order valence-corrected chi connectivity index (χ4v) is 3.31. The van der Waals surface area contributed by atoms with Gasteiger partial charge in [0.1, 0.15) is 6.07 Å². The van der Waals surface area contributed by atoms with Crippen LogP contribution in [0.25, 0.3) is 0 Å². The van der Waals surface area contributed by atoms with Crippen molar-refractivity contribution >= 4 is 17.3 Å². The molecule has 0 amide bonds. The average Bonchev–Trinajstić information content (AvgIpc) is 3.02. The van der Waals surface area contributed by atoms with E-state index in [0.717, 1.165) is 45.0 Å². The minimum Gasteiger partial charge on any atom is -0.368 e. The van der Waals surface area contributed by atoms with Gasteiger partial charge < -0.3 is 10.2 Å².